The Morgan fingerprint density at radius 3 is 2.83 bits per heavy atom. The molecule has 1 aromatic carbocycles. The second-order valence-corrected chi connectivity index (χ2v) is 4.48. The summed E-state index contributed by atoms with van der Waals surface area (Å²) in [6.45, 7) is 3.86. The minimum absolute atomic E-state index is 0.254. The van der Waals surface area contributed by atoms with E-state index in [1.165, 1.54) is 5.52 Å². The Balaban J connectivity index is 2.34. The van der Waals surface area contributed by atoms with E-state index < -0.39 is 0 Å². The Morgan fingerprint density at radius 2 is 2.17 bits per heavy atom. The summed E-state index contributed by atoms with van der Waals surface area (Å²) in [5.74, 6) is 1.11. The molecule has 0 atom stereocenters. The zero-order valence-electron chi connectivity index (χ0n) is 10.9. The average molecular weight is 247 g/mol. The molecule has 4 nitrogen and oxygen atoms in total. The standard InChI is InChI=1S/C14H21N3O/c1-2-17-13-7-6-11(10-15)9-12(13)16-14(17)5-3-4-8-18/h6-7,9,18H,2-5,8,10,15H2,1H3. The molecule has 0 spiro atoms. The van der Waals surface area contributed by atoms with E-state index >= 15 is 0 Å². The summed E-state index contributed by atoms with van der Waals surface area (Å²) in [5, 5.41) is 8.84. The fourth-order valence-corrected chi connectivity index (χ4v) is 2.29. The summed E-state index contributed by atoms with van der Waals surface area (Å²) in [6.07, 6.45) is 2.73. The van der Waals surface area contributed by atoms with E-state index in [4.69, 9.17) is 10.8 Å². The molecule has 0 aliphatic carbocycles. The van der Waals surface area contributed by atoms with Crippen LogP contribution in [0.2, 0.25) is 0 Å². The van der Waals surface area contributed by atoms with Crippen LogP contribution in [-0.2, 0) is 19.5 Å². The fourth-order valence-electron chi connectivity index (χ4n) is 2.29. The van der Waals surface area contributed by atoms with Gasteiger partial charge in [-0.15, -0.1) is 0 Å². The number of hydrogen-bond donors (Lipinski definition) is 2. The van der Waals surface area contributed by atoms with Crippen molar-refractivity contribution in [2.24, 2.45) is 5.73 Å². The van der Waals surface area contributed by atoms with Gasteiger partial charge in [0, 0.05) is 26.1 Å². The van der Waals surface area contributed by atoms with Crippen LogP contribution in [0.3, 0.4) is 0 Å². The van der Waals surface area contributed by atoms with Crippen LogP contribution in [0, 0.1) is 0 Å². The van der Waals surface area contributed by atoms with Crippen molar-refractivity contribution in [2.45, 2.75) is 39.3 Å². The SMILES string of the molecule is CCn1c(CCCCO)nc2cc(CN)ccc21. The van der Waals surface area contributed by atoms with E-state index in [1.54, 1.807) is 0 Å². The number of unbranched alkanes of at least 4 members (excludes halogenated alkanes) is 1. The van der Waals surface area contributed by atoms with Crippen molar-refractivity contribution in [2.75, 3.05) is 6.61 Å². The topological polar surface area (TPSA) is 64.1 Å². The van der Waals surface area contributed by atoms with Gasteiger partial charge in [-0.2, -0.15) is 0 Å². The zero-order chi connectivity index (χ0) is 13.0. The van der Waals surface area contributed by atoms with Crippen LogP contribution in [0.25, 0.3) is 11.0 Å². The van der Waals surface area contributed by atoms with Gasteiger partial charge in [0.15, 0.2) is 0 Å². The molecule has 0 saturated heterocycles. The van der Waals surface area contributed by atoms with Gasteiger partial charge in [-0.3, -0.25) is 0 Å². The average Bonchev–Trinajstić information content (AvgIpc) is 2.75. The third-order valence-corrected chi connectivity index (χ3v) is 3.25. The number of aryl methyl sites for hydroxylation is 2. The van der Waals surface area contributed by atoms with E-state index in [2.05, 4.69) is 34.7 Å². The van der Waals surface area contributed by atoms with Gasteiger partial charge in [0.2, 0.25) is 0 Å². The molecule has 98 valence electrons. The Morgan fingerprint density at radius 1 is 1.33 bits per heavy atom. The lowest BCUT2D eigenvalue weighted by molar-refractivity contribution is 0.284. The van der Waals surface area contributed by atoms with E-state index in [0.717, 1.165) is 42.7 Å². The number of hydrogen-bond acceptors (Lipinski definition) is 3. The highest BCUT2D eigenvalue weighted by Gasteiger charge is 2.09. The minimum Gasteiger partial charge on any atom is -0.396 e. The molecule has 1 aromatic heterocycles. The lowest BCUT2D eigenvalue weighted by Crippen LogP contribution is -2.02. The first-order chi connectivity index (χ1) is 8.80. The van der Waals surface area contributed by atoms with Crippen molar-refractivity contribution in [3.05, 3.63) is 29.6 Å². The zero-order valence-corrected chi connectivity index (χ0v) is 10.9. The summed E-state index contributed by atoms with van der Waals surface area (Å²) in [5.41, 5.74) is 8.97. The monoisotopic (exact) mass is 247 g/mol. The van der Waals surface area contributed by atoms with Crippen LogP contribution in [0.15, 0.2) is 18.2 Å². The maximum Gasteiger partial charge on any atom is 0.109 e. The molecule has 0 amide bonds. The molecule has 2 aromatic rings. The molecule has 0 fully saturated rings. The van der Waals surface area contributed by atoms with Gasteiger partial charge in [-0.25, -0.2) is 4.98 Å². The van der Waals surface area contributed by atoms with Gasteiger partial charge in [0.25, 0.3) is 0 Å². The number of rotatable bonds is 6. The molecule has 18 heavy (non-hydrogen) atoms. The van der Waals surface area contributed by atoms with Gasteiger partial charge in [0.05, 0.1) is 11.0 Å². The summed E-state index contributed by atoms with van der Waals surface area (Å²) < 4.78 is 2.24. The van der Waals surface area contributed by atoms with Crippen molar-refractivity contribution in [3.8, 4) is 0 Å². The highest BCUT2D eigenvalue weighted by molar-refractivity contribution is 5.77. The Bertz CT molecular complexity index is 519. The van der Waals surface area contributed by atoms with Gasteiger partial charge in [-0.1, -0.05) is 6.07 Å². The maximum atomic E-state index is 8.84. The molecular weight excluding hydrogens is 226 g/mol. The molecular formula is C14H21N3O. The first-order valence-corrected chi connectivity index (χ1v) is 6.59. The van der Waals surface area contributed by atoms with Crippen molar-refractivity contribution in [1.29, 1.82) is 0 Å². The number of nitrogens with zero attached hydrogens (tertiary/aromatic N) is 2. The van der Waals surface area contributed by atoms with E-state index in [1.807, 2.05) is 0 Å². The van der Waals surface area contributed by atoms with Gasteiger partial charge >= 0.3 is 0 Å². The molecule has 4 heteroatoms. The van der Waals surface area contributed by atoms with Crippen molar-refractivity contribution >= 4 is 11.0 Å². The molecule has 0 bridgehead atoms. The van der Waals surface area contributed by atoms with E-state index in [0.29, 0.717) is 6.54 Å². The van der Waals surface area contributed by atoms with E-state index in [9.17, 15) is 0 Å². The van der Waals surface area contributed by atoms with Crippen LogP contribution in [0.5, 0.6) is 0 Å². The number of imidazole rings is 1. The van der Waals surface area contributed by atoms with Crippen LogP contribution in [0.4, 0.5) is 0 Å². The molecule has 0 unspecified atom stereocenters. The second-order valence-electron chi connectivity index (χ2n) is 4.48. The number of nitrogens with two attached hydrogens (primary N) is 1. The van der Waals surface area contributed by atoms with Gasteiger partial charge in [0.1, 0.15) is 5.82 Å². The molecule has 0 saturated carbocycles. The van der Waals surface area contributed by atoms with Gasteiger partial charge in [-0.05, 0) is 37.5 Å². The van der Waals surface area contributed by atoms with E-state index in [-0.39, 0.29) is 6.61 Å². The summed E-state index contributed by atoms with van der Waals surface area (Å²) >= 11 is 0. The Hall–Kier alpha value is -1.39. The first kappa shape index (κ1) is 13.1. The third kappa shape index (κ3) is 2.54. The van der Waals surface area contributed by atoms with Crippen LogP contribution in [0.1, 0.15) is 31.2 Å². The predicted molar refractivity (Wildman–Crippen MR) is 73.3 cm³/mol. The second kappa shape index (κ2) is 5.98. The molecule has 0 aliphatic rings. The number of fused-ring (bicyclic) bond motifs is 1. The maximum absolute atomic E-state index is 8.84. The van der Waals surface area contributed by atoms with Gasteiger partial charge < -0.3 is 15.4 Å². The highest BCUT2D eigenvalue weighted by atomic mass is 16.2. The quantitative estimate of drug-likeness (QED) is 0.765. The largest absolute Gasteiger partial charge is 0.396 e. The minimum atomic E-state index is 0.254. The number of aliphatic hydroxyl groups excluding tert-OH is 1. The lowest BCUT2D eigenvalue weighted by Gasteiger charge is -2.05. The normalized spacial score (nSPS) is 11.3. The fraction of sp³-hybridized carbons (Fsp3) is 0.500. The summed E-state index contributed by atoms with van der Waals surface area (Å²) in [4.78, 5) is 4.69. The molecule has 3 N–H and O–H groups in total. The van der Waals surface area contributed by atoms with Crippen molar-refractivity contribution < 1.29 is 5.11 Å². The molecule has 0 radical (unpaired) electrons. The molecule has 1 heterocycles. The summed E-state index contributed by atoms with van der Waals surface area (Å²) in [7, 11) is 0. The van der Waals surface area contributed by atoms with Crippen molar-refractivity contribution in [3.63, 3.8) is 0 Å². The Kier molecular flexibility index (Phi) is 4.33. The van der Waals surface area contributed by atoms with Crippen LogP contribution >= 0.6 is 0 Å². The van der Waals surface area contributed by atoms with Crippen molar-refractivity contribution in [1.82, 2.24) is 9.55 Å². The third-order valence-electron chi connectivity index (χ3n) is 3.25. The highest BCUT2D eigenvalue weighted by Crippen LogP contribution is 2.19. The smallest absolute Gasteiger partial charge is 0.109 e. The summed E-state index contributed by atoms with van der Waals surface area (Å²) in [6, 6.07) is 6.23. The van der Waals surface area contributed by atoms with Crippen LogP contribution in [-0.4, -0.2) is 21.3 Å². The molecule has 2 rings (SSSR count). The number of aliphatic hydroxyl groups is 1. The number of benzene rings is 1. The molecule has 0 aliphatic heterocycles. The lowest BCUT2D eigenvalue weighted by atomic mass is 10.2. The predicted octanol–water partition coefficient (Wildman–Crippen LogP) is 1.83. The van der Waals surface area contributed by atoms with Crippen LogP contribution < -0.4 is 5.73 Å². The first-order valence-electron chi connectivity index (χ1n) is 6.59. The number of aromatic nitrogens is 2. The Labute approximate surface area is 107 Å².